The highest BCUT2D eigenvalue weighted by molar-refractivity contribution is 7.10. The van der Waals surface area contributed by atoms with Gasteiger partial charge >= 0.3 is 6.18 Å². The van der Waals surface area contributed by atoms with E-state index in [4.69, 9.17) is 4.74 Å². The number of benzene rings is 2. The summed E-state index contributed by atoms with van der Waals surface area (Å²) in [5.41, 5.74) is 0.578. The molecule has 8 nitrogen and oxygen atoms in total. The van der Waals surface area contributed by atoms with E-state index in [2.05, 4.69) is 25.0 Å². The topological polar surface area (TPSA) is 94.8 Å². The predicted molar refractivity (Wildman–Crippen MR) is 111 cm³/mol. The van der Waals surface area contributed by atoms with Crippen LogP contribution < -0.4 is 10.1 Å². The minimum Gasteiger partial charge on any atom is -0.497 e. The lowest BCUT2D eigenvalue weighted by Gasteiger charge is -2.09. The molecule has 0 radical (unpaired) electrons. The number of hydrogen-bond donors (Lipinski definition) is 1. The highest BCUT2D eigenvalue weighted by atomic mass is 32.1. The summed E-state index contributed by atoms with van der Waals surface area (Å²) in [6.45, 7) is 1.65. The Bertz CT molecular complexity index is 1270. The molecule has 2 heterocycles. The molecule has 0 aliphatic rings. The first-order chi connectivity index (χ1) is 15.3. The van der Waals surface area contributed by atoms with E-state index in [1.807, 2.05) is 0 Å². The van der Waals surface area contributed by atoms with Crippen LogP contribution in [0.3, 0.4) is 0 Å². The van der Waals surface area contributed by atoms with Gasteiger partial charge in [0, 0.05) is 17.1 Å². The lowest BCUT2D eigenvalue weighted by molar-refractivity contribution is -0.137. The molecule has 0 fully saturated rings. The van der Waals surface area contributed by atoms with Crippen LogP contribution in [0.15, 0.2) is 48.5 Å². The van der Waals surface area contributed by atoms with Crippen LogP contribution in [-0.4, -0.2) is 37.4 Å². The molecule has 4 aromatic rings. The van der Waals surface area contributed by atoms with Crippen molar-refractivity contribution < 1.29 is 22.7 Å². The first kappa shape index (κ1) is 21.4. The van der Waals surface area contributed by atoms with Crippen LogP contribution in [0.5, 0.6) is 5.75 Å². The van der Waals surface area contributed by atoms with Crippen molar-refractivity contribution in [3.8, 4) is 23.0 Å². The van der Waals surface area contributed by atoms with E-state index < -0.39 is 11.7 Å². The number of ether oxygens (including phenoxy) is 1. The van der Waals surface area contributed by atoms with Gasteiger partial charge < -0.3 is 4.74 Å². The summed E-state index contributed by atoms with van der Waals surface area (Å²) in [7, 11) is 1.53. The second-order valence-electron chi connectivity index (χ2n) is 6.59. The number of alkyl halides is 3. The van der Waals surface area contributed by atoms with Crippen LogP contribution in [0.4, 0.5) is 18.3 Å². The van der Waals surface area contributed by atoms with Crippen molar-refractivity contribution in [2.45, 2.75) is 13.1 Å². The molecule has 2 aromatic heterocycles. The van der Waals surface area contributed by atoms with E-state index in [1.165, 1.54) is 23.9 Å². The van der Waals surface area contributed by atoms with E-state index in [9.17, 15) is 18.0 Å². The molecule has 164 valence electrons. The van der Waals surface area contributed by atoms with E-state index in [-0.39, 0.29) is 22.6 Å². The molecule has 0 aliphatic carbocycles. The van der Waals surface area contributed by atoms with Gasteiger partial charge in [0.1, 0.15) is 5.75 Å². The molecule has 0 spiro atoms. The summed E-state index contributed by atoms with van der Waals surface area (Å²) >= 11 is 0.951. The van der Waals surface area contributed by atoms with Gasteiger partial charge in [0.15, 0.2) is 11.5 Å². The Hall–Kier alpha value is -3.80. The Balaban J connectivity index is 1.55. The predicted octanol–water partition coefficient (Wildman–Crippen LogP) is 4.37. The molecule has 1 amide bonds. The zero-order chi connectivity index (χ0) is 22.9. The van der Waals surface area contributed by atoms with Crippen molar-refractivity contribution >= 4 is 22.6 Å². The number of carbonyl (C=O) groups excluding carboxylic acids is 1. The first-order valence-electron chi connectivity index (χ1n) is 9.15. The molecule has 0 unspecified atom stereocenters. The molecular weight excluding hydrogens is 445 g/mol. The number of anilines is 1. The zero-order valence-electron chi connectivity index (χ0n) is 16.7. The number of amides is 1. The van der Waals surface area contributed by atoms with E-state index in [0.717, 1.165) is 23.7 Å². The average molecular weight is 460 g/mol. The summed E-state index contributed by atoms with van der Waals surface area (Å²) in [5.74, 6) is 0.453. The summed E-state index contributed by atoms with van der Waals surface area (Å²) in [5, 5.41) is 10.9. The molecule has 12 heteroatoms. The average Bonchev–Trinajstić information content (AvgIpc) is 3.39. The van der Waals surface area contributed by atoms with Gasteiger partial charge in [-0.1, -0.05) is 11.3 Å². The SMILES string of the molecule is COc1ccc(C(=O)Nc2nc(-c3nnn(-c4cccc(C(F)(F)F)c4)c3C)ns2)cc1. The number of methoxy groups -OCH3 is 1. The molecule has 2 aromatic carbocycles. The van der Waals surface area contributed by atoms with Gasteiger partial charge in [-0.15, -0.1) is 5.10 Å². The second kappa shape index (κ2) is 8.38. The van der Waals surface area contributed by atoms with Crippen LogP contribution in [0.1, 0.15) is 21.6 Å². The van der Waals surface area contributed by atoms with Gasteiger partial charge in [-0.2, -0.15) is 22.5 Å². The standard InChI is InChI=1S/C20H15F3N6O2S/c1-11-16(26-28-29(11)14-5-3-4-13(10-14)20(21,22)23)17-24-19(32-27-17)25-18(30)12-6-8-15(31-2)9-7-12/h3-10H,1-2H3,(H,24,25,27,30). The molecule has 0 bridgehead atoms. The minimum atomic E-state index is -4.47. The number of hydrogen-bond acceptors (Lipinski definition) is 7. The number of rotatable bonds is 5. The number of aromatic nitrogens is 5. The Morgan fingerprint density at radius 1 is 1.16 bits per heavy atom. The van der Waals surface area contributed by atoms with Gasteiger partial charge in [-0.25, -0.2) is 4.68 Å². The van der Waals surface area contributed by atoms with Crippen LogP contribution in [-0.2, 0) is 6.18 Å². The van der Waals surface area contributed by atoms with Crippen LogP contribution >= 0.6 is 11.5 Å². The van der Waals surface area contributed by atoms with Crippen molar-refractivity contribution in [3.05, 3.63) is 65.4 Å². The van der Waals surface area contributed by atoms with Gasteiger partial charge in [-0.05, 0) is 49.4 Å². The Kier molecular flexibility index (Phi) is 5.61. The molecule has 0 saturated heterocycles. The van der Waals surface area contributed by atoms with Gasteiger partial charge in [0.25, 0.3) is 5.91 Å². The molecule has 0 atom stereocenters. The lowest BCUT2D eigenvalue weighted by Crippen LogP contribution is -2.11. The normalized spacial score (nSPS) is 11.4. The number of carbonyl (C=O) groups is 1. The van der Waals surface area contributed by atoms with Crippen molar-refractivity contribution in [1.29, 1.82) is 0 Å². The number of nitrogens with zero attached hydrogens (tertiary/aromatic N) is 5. The third-order valence-electron chi connectivity index (χ3n) is 4.52. The smallest absolute Gasteiger partial charge is 0.416 e. The van der Waals surface area contributed by atoms with Crippen molar-refractivity contribution in [2.75, 3.05) is 12.4 Å². The fourth-order valence-electron chi connectivity index (χ4n) is 2.88. The molecule has 0 saturated carbocycles. The lowest BCUT2D eigenvalue weighted by atomic mass is 10.2. The first-order valence-corrected chi connectivity index (χ1v) is 9.93. The van der Waals surface area contributed by atoms with Gasteiger partial charge in [0.05, 0.1) is 24.1 Å². The van der Waals surface area contributed by atoms with Crippen LogP contribution in [0.25, 0.3) is 17.2 Å². The summed E-state index contributed by atoms with van der Waals surface area (Å²) in [6.07, 6.45) is -4.47. The third-order valence-corrected chi connectivity index (χ3v) is 5.15. The fourth-order valence-corrected chi connectivity index (χ4v) is 3.44. The largest absolute Gasteiger partial charge is 0.497 e. The summed E-state index contributed by atoms with van der Waals surface area (Å²) in [6, 6.07) is 11.3. The Morgan fingerprint density at radius 3 is 2.59 bits per heavy atom. The van der Waals surface area contributed by atoms with Crippen LogP contribution in [0.2, 0.25) is 0 Å². The van der Waals surface area contributed by atoms with Crippen molar-refractivity contribution in [3.63, 3.8) is 0 Å². The van der Waals surface area contributed by atoms with Crippen LogP contribution in [0, 0.1) is 6.92 Å². The maximum Gasteiger partial charge on any atom is 0.416 e. The summed E-state index contributed by atoms with van der Waals surface area (Å²) in [4.78, 5) is 16.7. The molecular formula is C20H15F3N6O2S. The highest BCUT2D eigenvalue weighted by Crippen LogP contribution is 2.31. The fraction of sp³-hybridized carbons (Fsp3) is 0.150. The maximum absolute atomic E-state index is 13.0. The van der Waals surface area contributed by atoms with E-state index in [0.29, 0.717) is 22.7 Å². The van der Waals surface area contributed by atoms with Crippen molar-refractivity contribution in [2.24, 2.45) is 0 Å². The van der Waals surface area contributed by atoms with Gasteiger partial charge in [0.2, 0.25) is 5.13 Å². The molecule has 0 aliphatic heterocycles. The number of nitrogens with one attached hydrogen (secondary N) is 1. The second-order valence-corrected chi connectivity index (χ2v) is 7.34. The monoisotopic (exact) mass is 460 g/mol. The van der Waals surface area contributed by atoms with E-state index >= 15 is 0 Å². The van der Waals surface area contributed by atoms with E-state index in [1.54, 1.807) is 31.2 Å². The molecule has 32 heavy (non-hydrogen) atoms. The molecule has 1 N–H and O–H groups in total. The Labute approximate surface area is 183 Å². The summed E-state index contributed by atoms with van der Waals surface area (Å²) < 4.78 is 49.6. The Morgan fingerprint density at radius 2 is 1.91 bits per heavy atom. The number of halogens is 3. The quantitative estimate of drug-likeness (QED) is 0.475. The maximum atomic E-state index is 13.0. The minimum absolute atomic E-state index is 0.204. The van der Waals surface area contributed by atoms with Crippen molar-refractivity contribution in [1.82, 2.24) is 24.4 Å². The zero-order valence-corrected chi connectivity index (χ0v) is 17.5. The molecule has 4 rings (SSSR count). The highest BCUT2D eigenvalue weighted by Gasteiger charge is 2.31. The van der Waals surface area contributed by atoms with Gasteiger partial charge in [-0.3, -0.25) is 10.1 Å². The third kappa shape index (κ3) is 4.30.